The molecule has 0 saturated heterocycles. The molecule has 140 valence electrons. The minimum absolute atomic E-state index is 0.0574. The predicted octanol–water partition coefficient (Wildman–Crippen LogP) is 3.30. The predicted molar refractivity (Wildman–Crippen MR) is 101 cm³/mol. The Bertz CT molecular complexity index is 1000. The van der Waals surface area contributed by atoms with Crippen LogP contribution in [0.2, 0.25) is 0 Å². The normalized spacial score (nSPS) is 10.8. The highest BCUT2D eigenvalue weighted by Crippen LogP contribution is 2.23. The van der Waals surface area contributed by atoms with E-state index in [0.29, 0.717) is 20.9 Å². The first-order chi connectivity index (χ1) is 12.9. The molecule has 0 radical (unpaired) electrons. The van der Waals surface area contributed by atoms with Gasteiger partial charge in [0, 0.05) is 22.9 Å². The van der Waals surface area contributed by atoms with Crippen molar-refractivity contribution in [1.82, 2.24) is 15.6 Å². The maximum absolute atomic E-state index is 13.9. The Morgan fingerprint density at radius 1 is 1.04 bits per heavy atom. The average molecular weight is 436 g/mol. The third kappa shape index (κ3) is 4.91. The number of hydrogen-bond donors (Lipinski definition) is 3. The van der Waals surface area contributed by atoms with Crippen LogP contribution in [-0.4, -0.2) is 29.9 Å². The lowest BCUT2D eigenvalue weighted by molar-refractivity contribution is -0.120. The highest BCUT2D eigenvalue weighted by molar-refractivity contribution is 9.10. The number of benzene rings is 2. The van der Waals surface area contributed by atoms with Crippen LogP contribution in [0, 0.1) is 11.6 Å². The van der Waals surface area contributed by atoms with E-state index in [-0.39, 0.29) is 31.1 Å². The van der Waals surface area contributed by atoms with Gasteiger partial charge < -0.3 is 15.6 Å². The van der Waals surface area contributed by atoms with Gasteiger partial charge in [-0.3, -0.25) is 9.59 Å². The van der Waals surface area contributed by atoms with Crippen molar-refractivity contribution in [2.45, 2.75) is 6.42 Å². The van der Waals surface area contributed by atoms with Crippen molar-refractivity contribution in [2.24, 2.45) is 0 Å². The standard InChI is InChI=1S/C19H16BrF2N3O2/c20-12-8-15(22)14-10-17(25-16(14)9-12)19(27)24-5-4-23-18(26)7-11-2-1-3-13(21)6-11/h1-3,6,8-10,25H,4-5,7H2,(H,23,26)(H,24,27). The number of halogens is 3. The molecule has 2 amide bonds. The first-order valence-electron chi connectivity index (χ1n) is 8.19. The van der Waals surface area contributed by atoms with E-state index in [9.17, 15) is 18.4 Å². The number of H-pyrrole nitrogens is 1. The number of aromatic amines is 1. The summed E-state index contributed by atoms with van der Waals surface area (Å²) in [6.07, 6.45) is 0.0574. The third-order valence-electron chi connectivity index (χ3n) is 3.88. The zero-order valence-corrected chi connectivity index (χ0v) is 15.7. The molecule has 1 heterocycles. The Kier molecular flexibility index (Phi) is 5.85. The lowest BCUT2D eigenvalue weighted by atomic mass is 10.1. The minimum atomic E-state index is -0.431. The lowest BCUT2D eigenvalue weighted by Crippen LogP contribution is -2.35. The van der Waals surface area contributed by atoms with Crippen molar-refractivity contribution in [1.29, 1.82) is 0 Å². The van der Waals surface area contributed by atoms with Crippen LogP contribution in [0.5, 0.6) is 0 Å². The molecule has 5 nitrogen and oxygen atoms in total. The van der Waals surface area contributed by atoms with E-state index in [0.717, 1.165) is 0 Å². The Morgan fingerprint density at radius 3 is 2.59 bits per heavy atom. The number of nitrogens with one attached hydrogen (secondary N) is 3. The number of amides is 2. The Hall–Kier alpha value is -2.74. The molecule has 27 heavy (non-hydrogen) atoms. The fraction of sp³-hybridized carbons (Fsp3) is 0.158. The second-order valence-electron chi connectivity index (χ2n) is 5.94. The monoisotopic (exact) mass is 435 g/mol. The van der Waals surface area contributed by atoms with Crippen LogP contribution in [0.4, 0.5) is 8.78 Å². The van der Waals surface area contributed by atoms with Gasteiger partial charge >= 0.3 is 0 Å². The summed E-state index contributed by atoms with van der Waals surface area (Å²) in [6.45, 7) is 0.426. The van der Waals surface area contributed by atoms with Crippen LogP contribution in [0.25, 0.3) is 10.9 Å². The maximum Gasteiger partial charge on any atom is 0.267 e. The summed E-state index contributed by atoms with van der Waals surface area (Å²) in [5, 5.41) is 5.62. The molecule has 0 fully saturated rings. The van der Waals surface area contributed by atoms with Crippen LogP contribution in [0.3, 0.4) is 0 Å². The number of fused-ring (bicyclic) bond motifs is 1. The molecular formula is C19H16BrF2N3O2. The van der Waals surface area contributed by atoms with Crippen molar-refractivity contribution in [3.05, 3.63) is 69.8 Å². The van der Waals surface area contributed by atoms with E-state index < -0.39 is 17.5 Å². The molecule has 3 N–H and O–H groups in total. The number of aromatic nitrogens is 1. The number of carbonyl (C=O) groups excluding carboxylic acids is 2. The summed E-state index contributed by atoms with van der Waals surface area (Å²) in [7, 11) is 0. The Balaban J connectivity index is 1.48. The Morgan fingerprint density at radius 2 is 1.81 bits per heavy atom. The zero-order valence-electron chi connectivity index (χ0n) is 14.1. The molecule has 0 aliphatic carbocycles. The van der Waals surface area contributed by atoms with Crippen molar-refractivity contribution in [3.63, 3.8) is 0 Å². The summed E-state index contributed by atoms with van der Waals surface area (Å²) >= 11 is 3.20. The molecular weight excluding hydrogens is 420 g/mol. The molecule has 0 aliphatic rings. The van der Waals surface area contributed by atoms with Gasteiger partial charge in [0.2, 0.25) is 5.91 Å². The largest absolute Gasteiger partial charge is 0.354 e. The second kappa shape index (κ2) is 8.30. The van der Waals surface area contributed by atoms with E-state index in [2.05, 4.69) is 31.5 Å². The second-order valence-corrected chi connectivity index (χ2v) is 6.86. The molecule has 0 atom stereocenters. The van der Waals surface area contributed by atoms with Gasteiger partial charge in [0.25, 0.3) is 5.91 Å². The molecule has 0 unspecified atom stereocenters. The van der Waals surface area contributed by atoms with Gasteiger partial charge in [0.1, 0.15) is 17.3 Å². The van der Waals surface area contributed by atoms with Crippen molar-refractivity contribution >= 4 is 38.6 Å². The minimum Gasteiger partial charge on any atom is -0.354 e. The quantitative estimate of drug-likeness (QED) is 0.519. The molecule has 0 bridgehead atoms. The van der Waals surface area contributed by atoms with Crippen LogP contribution in [0.15, 0.2) is 46.9 Å². The van der Waals surface area contributed by atoms with Crippen molar-refractivity contribution in [3.8, 4) is 0 Å². The van der Waals surface area contributed by atoms with Gasteiger partial charge in [-0.2, -0.15) is 0 Å². The van der Waals surface area contributed by atoms with Gasteiger partial charge in [-0.15, -0.1) is 0 Å². The summed E-state index contributed by atoms with van der Waals surface area (Å²) in [4.78, 5) is 26.8. The highest BCUT2D eigenvalue weighted by Gasteiger charge is 2.12. The van der Waals surface area contributed by atoms with Crippen molar-refractivity contribution < 1.29 is 18.4 Å². The third-order valence-corrected chi connectivity index (χ3v) is 4.34. The number of carbonyl (C=O) groups is 2. The first kappa shape index (κ1) is 19.0. The van der Waals surface area contributed by atoms with E-state index in [1.165, 1.54) is 24.3 Å². The summed E-state index contributed by atoms with van der Waals surface area (Å²) < 4.78 is 27.5. The highest BCUT2D eigenvalue weighted by atomic mass is 79.9. The topological polar surface area (TPSA) is 74.0 Å². The maximum atomic E-state index is 13.9. The summed E-state index contributed by atoms with van der Waals surface area (Å²) in [5.74, 6) is -1.50. The van der Waals surface area contributed by atoms with E-state index in [1.54, 1.807) is 18.2 Å². The average Bonchev–Trinajstić information content (AvgIpc) is 3.03. The van der Waals surface area contributed by atoms with E-state index in [4.69, 9.17) is 0 Å². The molecule has 0 saturated carbocycles. The van der Waals surface area contributed by atoms with E-state index in [1.807, 2.05) is 0 Å². The molecule has 8 heteroatoms. The Labute approximate surface area is 162 Å². The van der Waals surface area contributed by atoms with Crippen LogP contribution >= 0.6 is 15.9 Å². The number of hydrogen-bond acceptors (Lipinski definition) is 2. The molecule has 2 aromatic carbocycles. The molecule has 0 spiro atoms. The van der Waals surface area contributed by atoms with Crippen LogP contribution in [0.1, 0.15) is 16.1 Å². The smallest absolute Gasteiger partial charge is 0.267 e. The van der Waals surface area contributed by atoms with E-state index >= 15 is 0 Å². The van der Waals surface area contributed by atoms with Gasteiger partial charge in [-0.25, -0.2) is 8.78 Å². The van der Waals surface area contributed by atoms with Gasteiger partial charge in [0.15, 0.2) is 0 Å². The zero-order chi connectivity index (χ0) is 19.4. The molecule has 3 aromatic rings. The SMILES string of the molecule is O=C(Cc1cccc(F)c1)NCCNC(=O)c1cc2c(F)cc(Br)cc2[nH]1. The first-order valence-corrected chi connectivity index (χ1v) is 8.99. The van der Waals surface area contributed by atoms with Gasteiger partial charge in [0.05, 0.1) is 11.9 Å². The van der Waals surface area contributed by atoms with Gasteiger partial charge in [-0.05, 0) is 35.9 Å². The molecule has 1 aromatic heterocycles. The van der Waals surface area contributed by atoms with Crippen molar-refractivity contribution in [2.75, 3.05) is 13.1 Å². The molecule has 0 aliphatic heterocycles. The van der Waals surface area contributed by atoms with Crippen LogP contribution in [-0.2, 0) is 11.2 Å². The molecule has 3 rings (SSSR count). The van der Waals surface area contributed by atoms with Crippen LogP contribution < -0.4 is 10.6 Å². The fourth-order valence-electron chi connectivity index (χ4n) is 2.65. The number of rotatable bonds is 6. The lowest BCUT2D eigenvalue weighted by Gasteiger charge is -2.06. The van der Waals surface area contributed by atoms with Gasteiger partial charge in [-0.1, -0.05) is 28.1 Å². The fourth-order valence-corrected chi connectivity index (χ4v) is 3.08. The summed E-state index contributed by atoms with van der Waals surface area (Å²) in [5.41, 5.74) is 1.31. The summed E-state index contributed by atoms with van der Waals surface area (Å²) in [6, 6.07) is 10.3.